The summed E-state index contributed by atoms with van der Waals surface area (Å²) < 4.78 is 12.9. The Morgan fingerprint density at radius 3 is 2.40 bits per heavy atom. The van der Waals surface area contributed by atoms with Gasteiger partial charge in [0, 0.05) is 16.5 Å². The minimum absolute atomic E-state index is 0.191. The third-order valence-corrected chi connectivity index (χ3v) is 3.76. The Bertz CT molecular complexity index is 735. The number of benzene rings is 2. The molecule has 1 aromatic heterocycles. The molecule has 3 rings (SSSR count). The first-order valence-electron chi connectivity index (χ1n) is 6.05. The van der Waals surface area contributed by atoms with E-state index in [0.29, 0.717) is 11.3 Å². The summed E-state index contributed by atoms with van der Waals surface area (Å²) in [4.78, 5) is 16.6. The highest BCUT2D eigenvalue weighted by Gasteiger charge is 2.13. The van der Waals surface area contributed by atoms with Crippen molar-refractivity contribution in [3.8, 4) is 10.6 Å². The molecule has 0 aliphatic heterocycles. The molecule has 4 heteroatoms. The van der Waals surface area contributed by atoms with E-state index in [0.717, 1.165) is 10.6 Å². The number of thiazole rings is 1. The maximum atomic E-state index is 12.9. The molecule has 20 heavy (non-hydrogen) atoms. The maximum absolute atomic E-state index is 12.9. The van der Waals surface area contributed by atoms with Gasteiger partial charge >= 0.3 is 0 Å². The van der Waals surface area contributed by atoms with Crippen molar-refractivity contribution >= 4 is 17.1 Å². The molecule has 2 nitrogen and oxygen atoms in total. The smallest absolute Gasteiger partial charge is 0.212 e. The van der Waals surface area contributed by atoms with Crippen LogP contribution in [0.2, 0.25) is 0 Å². The van der Waals surface area contributed by atoms with Crippen molar-refractivity contribution in [2.75, 3.05) is 0 Å². The number of aromatic nitrogens is 1. The molecule has 0 bridgehead atoms. The Kier molecular flexibility index (Phi) is 3.39. The van der Waals surface area contributed by atoms with E-state index in [2.05, 4.69) is 4.98 Å². The fourth-order valence-electron chi connectivity index (χ4n) is 1.84. The van der Waals surface area contributed by atoms with E-state index in [-0.39, 0.29) is 11.6 Å². The van der Waals surface area contributed by atoms with E-state index >= 15 is 0 Å². The van der Waals surface area contributed by atoms with Gasteiger partial charge in [0.15, 0.2) is 0 Å². The highest BCUT2D eigenvalue weighted by molar-refractivity contribution is 7.13. The highest BCUT2D eigenvalue weighted by Crippen LogP contribution is 2.24. The van der Waals surface area contributed by atoms with Crippen LogP contribution in [-0.2, 0) is 0 Å². The van der Waals surface area contributed by atoms with Crippen LogP contribution in [0.5, 0.6) is 0 Å². The molecule has 0 saturated heterocycles. The van der Waals surface area contributed by atoms with Gasteiger partial charge in [-0.3, -0.25) is 4.79 Å². The van der Waals surface area contributed by atoms with Crippen molar-refractivity contribution in [2.24, 2.45) is 0 Å². The molecule has 0 aliphatic rings. The largest absolute Gasteiger partial charge is 0.287 e. The number of halogens is 1. The summed E-state index contributed by atoms with van der Waals surface area (Å²) in [5, 5.41) is 2.53. The van der Waals surface area contributed by atoms with Crippen LogP contribution in [0.4, 0.5) is 4.39 Å². The topological polar surface area (TPSA) is 30.0 Å². The normalized spacial score (nSPS) is 10.4. The molecule has 0 unspecified atom stereocenters. The summed E-state index contributed by atoms with van der Waals surface area (Å²) >= 11 is 1.42. The molecule has 0 radical (unpaired) electrons. The zero-order valence-electron chi connectivity index (χ0n) is 10.4. The summed E-state index contributed by atoms with van der Waals surface area (Å²) in [5.74, 6) is -0.548. The van der Waals surface area contributed by atoms with Gasteiger partial charge in [0.2, 0.25) is 5.78 Å². The van der Waals surface area contributed by atoms with Crippen LogP contribution in [-0.4, -0.2) is 10.8 Å². The summed E-state index contributed by atoms with van der Waals surface area (Å²) in [6.07, 6.45) is 0. The lowest BCUT2D eigenvalue weighted by molar-refractivity contribution is 0.103. The second kappa shape index (κ2) is 5.35. The predicted molar refractivity (Wildman–Crippen MR) is 77.4 cm³/mol. The summed E-state index contributed by atoms with van der Waals surface area (Å²) in [6, 6.07) is 15.2. The minimum atomic E-state index is -0.357. The first-order chi connectivity index (χ1) is 9.74. The van der Waals surface area contributed by atoms with Gasteiger partial charge in [-0.15, -0.1) is 11.3 Å². The van der Waals surface area contributed by atoms with E-state index in [4.69, 9.17) is 0 Å². The average molecular weight is 283 g/mol. The van der Waals surface area contributed by atoms with Crippen molar-refractivity contribution in [1.82, 2.24) is 4.98 Å². The molecule has 0 fully saturated rings. The van der Waals surface area contributed by atoms with Gasteiger partial charge in [-0.2, -0.15) is 0 Å². The average Bonchev–Trinajstić information content (AvgIpc) is 2.98. The second-order valence-corrected chi connectivity index (χ2v) is 5.10. The van der Waals surface area contributed by atoms with Crippen LogP contribution in [0.15, 0.2) is 60.0 Å². The maximum Gasteiger partial charge on any atom is 0.212 e. The third-order valence-electron chi connectivity index (χ3n) is 2.86. The Labute approximate surface area is 119 Å². The molecule has 0 spiro atoms. The van der Waals surface area contributed by atoms with Crippen LogP contribution < -0.4 is 0 Å². The van der Waals surface area contributed by atoms with Gasteiger partial charge in [-0.25, -0.2) is 9.37 Å². The fraction of sp³-hybridized carbons (Fsp3) is 0. The molecule has 98 valence electrons. The third kappa shape index (κ3) is 2.51. The zero-order chi connectivity index (χ0) is 13.9. The molecule has 0 atom stereocenters. The van der Waals surface area contributed by atoms with Crippen LogP contribution in [0.3, 0.4) is 0 Å². The van der Waals surface area contributed by atoms with Crippen molar-refractivity contribution < 1.29 is 9.18 Å². The Balaban J connectivity index is 1.90. The van der Waals surface area contributed by atoms with Crippen LogP contribution in [0.1, 0.15) is 16.1 Å². The quantitative estimate of drug-likeness (QED) is 0.675. The van der Waals surface area contributed by atoms with Crippen molar-refractivity contribution in [3.05, 3.63) is 77.1 Å². The number of rotatable bonds is 3. The molecule has 3 aromatic rings. The van der Waals surface area contributed by atoms with Crippen LogP contribution >= 0.6 is 11.3 Å². The van der Waals surface area contributed by atoms with E-state index < -0.39 is 0 Å². The summed E-state index contributed by atoms with van der Waals surface area (Å²) in [7, 11) is 0. The van der Waals surface area contributed by atoms with Gasteiger partial charge < -0.3 is 0 Å². The number of hydrogen-bond acceptors (Lipinski definition) is 3. The van der Waals surface area contributed by atoms with Crippen molar-refractivity contribution in [1.29, 1.82) is 0 Å². The Morgan fingerprint density at radius 2 is 1.70 bits per heavy atom. The Hall–Kier alpha value is -2.33. The lowest BCUT2D eigenvalue weighted by Gasteiger charge is -1.97. The number of carbonyl (C=O) groups excluding carboxylic acids is 1. The fourth-order valence-corrected chi connectivity index (χ4v) is 2.65. The molecule has 0 amide bonds. The summed E-state index contributed by atoms with van der Waals surface area (Å²) in [6.45, 7) is 0. The van der Waals surface area contributed by atoms with E-state index in [1.807, 2.05) is 30.3 Å². The van der Waals surface area contributed by atoms with E-state index in [1.54, 1.807) is 5.38 Å². The number of nitrogens with zero attached hydrogens (tertiary/aromatic N) is 1. The van der Waals surface area contributed by atoms with E-state index in [9.17, 15) is 9.18 Å². The highest BCUT2D eigenvalue weighted by atomic mass is 32.1. The van der Waals surface area contributed by atoms with E-state index in [1.165, 1.54) is 35.6 Å². The first kappa shape index (κ1) is 12.7. The molecule has 2 aromatic carbocycles. The lowest BCUT2D eigenvalue weighted by atomic mass is 10.1. The van der Waals surface area contributed by atoms with Gasteiger partial charge in [-0.05, 0) is 24.3 Å². The van der Waals surface area contributed by atoms with Crippen LogP contribution in [0, 0.1) is 5.82 Å². The van der Waals surface area contributed by atoms with Gasteiger partial charge in [-0.1, -0.05) is 30.3 Å². The number of ketones is 1. The number of hydrogen-bond donors (Lipinski definition) is 0. The Morgan fingerprint density at radius 1 is 1.00 bits per heavy atom. The van der Waals surface area contributed by atoms with Crippen LogP contribution in [0.25, 0.3) is 10.6 Å². The molecule has 0 aliphatic carbocycles. The molecule has 0 N–H and O–H groups in total. The second-order valence-electron chi connectivity index (χ2n) is 4.24. The van der Waals surface area contributed by atoms with Gasteiger partial charge in [0.1, 0.15) is 16.5 Å². The minimum Gasteiger partial charge on any atom is -0.287 e. The standard InChI is InChI=1S/C16H10FNOS/c17-13-8-6-11(7-9-13)15(19)14-10-20-16(18-14)12-4-2-1-3-5-12/h1-10H. The predicted octanol–water partition coefficient (Wildman–Crippen LogP) is 4.18. The monoisotopic (exact) mass is 283 g/mol. The van der Waals surface area contributed by atoms with Gasteiger partial charge in [0.25, 0.3) is 0 Å². The number of carbonyl (C=O) groups is 1. The SMILES string of the molecule is O=C(c1ccc(F)cc1)c1csc(-c2ccccc2)n1. The zero-order valence-corrected chi connectivity index (χ0v) is 11.2. The first-order valence-corrected chi connectivity index (χ1v) is 6.93. The van der Waals surface area contributed by atoms with Gasteiger partial charge in [0.05, 0.1) is 0 Å². The van der Waals surface area contributed by atoms with Crippen molar-refractivity contribution in [2.45, 2.75) is 0 Å². The summed E-state index contributed by atoms with van der Waals surface area (Å²) in [5.41, 5.74) is 1.81. The molecule has 1 heterocycles. The molecular formula is C16H10FNOS. The lowest BCUT2D eigenvalue weighted by Crippen LogP contribution is -2.01. The van der Waals surface area contributed by atoms with Crippen molar-refractivity contribution in [3.63, 3.8) is 0 Å². The molecular weight excluding hydrogens is 273 g/mol. The molecule has 0 saturated carbocycles.